The Hall–Kier alpha value is -2.99. The predicted octanol–water partition coefficient (Wildman–Crippen LogP) is 5.01. The van der Waals surface area contributed by atoms with Crippen LogP contribution < -0.4 is 4.74 Å². The molecule has 3 aromatic rings. The lowest BCUT2D eigenvalue weighted by Gasteiger charge is -2.38. The summed E-state index contributed by atoms with van der Waals surface area (Å²) in [5.74, 6) is 0.853. The van der Waals surface area contributed by atoms with Crippen LogP contribution in [0, 0.1) is 11.8 Å². The van der Waals surface area contributed by atoms with Crippen LogP contribution in [-0.4, -0.2) is 52.7 Å². The average molecular weight is 462 g/mol. The van der Waals surface area contributed by atoms with E-state index in [-0.39, 0.29) is 12.3 Å². The maximum Gasteiger partial charge on any atom is 0.303 e. The zero-order valence-electron chi connectivity index (χ0n) is 20.0. The smallest absolute Gasteiger partial charge is 0.303 e. The van der Waals surface area contributed by atoms with Crippen molar-refractivity contribution in [2.24, 2.45) is 11.8 Å². The van der Waals surface area contributed by atoms with E-state index >= 15 is 0 Å². The van der Waals surface area contributed by atoms with Gasteiger partial charge < -0.3 is 14.7 Å². The maximum absolute atomic E-state index is 11.6. The summed E-state index contributed by atoms with van der Waals surface area (Å²) in [5, 5.41) is 10.7. The van der Waals surface area contributed by atoms with E-state index in [0.717, 1.165) is 74.8 Å². The number of hydrogen-bond donors (Lipinski definition) is 1. The van der Waals surface area contributed by atoms with Crippen LogP contribution in [0.2, 0.25) is 0 Å². The molecule has 180 valence electrons. The zero-order valence-corrected chi connectivity index (χ0v) is 20.0. The van der Waals surface area contributed by atoms with Gasteiger partial charge in [-0.05, 0) is 105 Å². The molecule has 1 fully saturated rings. The van der Waals surface area contributed by atoms with Gasteiger partial charge in [0.05, 0.1) is 12.6 Å². The summed E-state index contributed by atoms with van der Waals surface area (Å²) in [6.45, 7) is 2.96. The van der Waals surface area contributed by atoms with Crippen LogP contribution in [-0.2, 0) is 17.6 Å². The van der Waals surface area contributed by atoms with E-state index in [4.69, 9.17) is 4.74 Å². The SMILES string of the molecule is COc1ccc2nccc(CCC[C@@H]3CCN(CCCc4cccnc4)C[C@@H]3CC(=O)O)c2c1. The third-order valence-electron chi connectivity index (χ3n) is 7.13. The van der Waals surface area contributed by atoms with Gasteiger partial charge in [0, 0.05) is 36.9 Å². The standard InChI is InChI=1S/C28H35N3O3/c1-34-25-9-10-27-26(18-25)23(11-14-30-27)8-2-7-22-12-16-31(20-24(22)17-28(32)33)15-4-6-21-5-3-13-29-19-21/h3,5,9-11,13-14,18-19,22,24H,2,4,6-8,12,15-17,20H2,1H3,(H,32,33)/t22-,24+/m1/s1. The zero-order chi connectivity index (χ0) is 23.8. The van der Waals surface area contributed by atoms with Crippen LogP contribution in [0.15, 0.2) is 55.0 Å². The van der Waals surface area contributed by atoms with Crippen LogP contribution in [0.1, 0.15) is 43.2 Å². The first-order chi connectivity index (χ1) is 16.6. The maximum atomic E-state index is 11.6. The number of aromatic nitrogens is 2. The normalized spacial score (nSPS) is 18.7. The molecule has 0 unspecified atom stereocenters. The van der Waals surface area contributed by atoms with Gasteiger partial charge in [0.1, 0.15) is 5.75 Å². The number of fused-ring (bicyclic) bond motifs is 1. The van der Waals surface area contributed by atoms with Gasteiger partial charge in [-0.2, -0.15) is 0 Å². The molecule has 34 heavy (non-hydrogen) atoms. The number of aryl methyl sites for hydroxylation is 2. The summed E-state index contributed by atoms with van der Waals surface area (Å²) in [6.07, 6.45) is 12.1. The van der Waals surface area contributed by atoms with Crippen molar-refractivity contribution in [3.8, 4) is 5.75 Å². The number of nitrogens with zero attached hydrogens (tertiary/aromatic N) is 3. The average Bonchev–Trinajstić information content (AvgIpc) is 2.85. The van der Waals surface area contributed by atoms with Crippen molar-refractivity contribution < 1.29 is 14.6 Å². The number of pyridine rings is 2. The van der Waals surface area contributed by atoms with E-state index in [0.29, 0.717) is 5.92 Å². The molecule has 0 saturated carbocycles. The van der Waals surface area contributed by atoms with Gasteiger partial charge >= 0.3 is 5.97 Å². The Bertz CT molecular complexity index is 1070. The second-order valence-electron chi connectivity index (χ2n) is 9.42. The molecule has 2 atom stereocenters. The van der Waals surface area contributed by atoms with Crippen molar-refractivity contribution in [1.29, 1.82) is 0 Å². The molecule has 4 rings (SSSR count). The molecule has 1 aromatic carbocycles. The molecule has 3 heterocycles. The van der Waals surface area contributed by atoms with Gasteiger partial charge in [0.2, 0.25) is 0 Å². The number of carboxylic acids is 1. The summed E-state index contributed by atoms with van der Waals surface area (Å²) in [6, 6.07) is 12.2. The van der Waals surface area contributed by atoms with E-state index in [1.165, 1.54) is 11.1 Å². The van der Waals surface area contributed by atoms with Crippen LogP contribution in [0.4, 0.5) is 0 Å². The highest BCUT2D eigenvalue weighted by Gasteiger charge is 2.30. The highest BCUT2D eigenvalue weighted by molar-refractivity contribution is 5.83. The molecule has 0 aliphatic carbocycles. The number of carboxylic acid groups (broad SMARTS) is 1. The molecule has 6 heteroatoms. The lowest BCUT2D eigenvalue weighted by atomic mass is 9.79. The third kappa shape index (κ3) is 6.54. The van der Waals surface area contributed by atoms with Crippen molar-refractivity contribution in [3.63, 3.8) is 0 Å². The number of benzene rings is 1. The molecule has 1 aliphatic rings. The number of ether oxygens (including phenoxy) is 1. The molecule has 0 amide bonds. The number of likely N-dealkylation sites (tertiary alicyclic amines) is 1. The lowest BCUT2D eigenvalue weighted by molar-refractivity contribution is -0.139. The highest BCUT2D eigenvalue weighted by atomic mass is 16.5. The minimum atomic E-state index is -0.681. The number of methoxy groups -OCH3 is 1. The van der Waals surface area contributed by atoms with Gasteiger partial charge in [-0.25, -0.2) is 0 Å². The van der Waals surface area contributed by atoms with Gasteiger partial charge in [-0.1, -0.05) is 6.07 Å². The summed E-state index contributed by atoms with van der Waals surface area (Å²) < 4.78 is 5.40. The van der Waals surface area contributed by atoms with Crippen LogP contribution in [0.3, 0.4) is 0 Å². The molecule has 1 saturated heterocycles. The molecular weight excluding hydrogens is 426 g/mol. The topological polar surface area (TPSA) is 75.5 Å². The van der Waals surface area contributed by atoms with E-state index in [2.05, 4.69) is 33.1 Å². The van der Waals surface area contributed by atoms with Gasteiger partial charge in [-0.3, -0.25) is 14.8 Å². The fourth-order valence-electron chi connectivity index (χ4n) is 5.33. The fourth-order valence-corrected chi connectivity index (χ4v) is 5.33. The Balaban J connectivity index is 1.31. The van der Waals surface area contributed by atoms with E-state index in [1.807, 2.05) is 30.6 Å². The van der Waals surface area contributed by atoms with Crippen molar-refractivity contribution in [3.05, 3.63) is 66.1 Å². The fraction of sp³-hybridized carbons (Fsp3) is 0.464. The highest BCUT2D eigenvalue weighted by Crippen LogP contribution is 2.32. The Morgan fingerprint density at radius 2 is 2.06 bits per heavy atom. The molecule has 0 spiro atoms. The number of aliphatic carboxylic acids is 1. The number of piperidine rings is 1. The van der Waals surface area contributed by atoms with Crippen molar-refractivity contribution in [2.75, 3.05) is 26.7 Å². The molecule has 0 radical (unpaired) electrons. The monoisotopic (exact) mass is 461 g/mol. The Morgan fingerprint density at radius 3 is 2.85 bits per heavy atom. The Labute approximate surface area is 202 Å². The number of rotatable bonds is 11. The molecule has 1 aliphatic heterocycles. The minimum absolute atomic E-state index is 0.221. The van der Waals surface area contributed by atoms with E-state index in [9.17, 15) is 9.90 Å². The van der Waals surface area contributed by atoms with Crippen molar-refractivity contribution >= 4 is 16.9 Å². The van der Waals surface area contributed by atoms with Gasteiger partial charge in [-0.15, -0.1) is 0 Å². The summed E-state index contributed by atoms with van der Waals surface area (Å²) in [7, 11) is 1.69. The lowest BCUT2D eigenvalue weighted by Crippen LogP contribution is -2.41. The second-order valence-corrected chi connectivity index (χ2v) is 9.42. The van der Waals surface area contributed by atoms with E-state index < -0.39 is 5.97 Å². The van der Waals surface area contributed by atoms with E-state index in [1.54, 1.807) is 13.3 Å². The molecular formula is C28H35N3O3. The third-order valence-corrected chi connectivity index (χ3v) is 7.13. The van der Waals surface area contributed by atoms with Crippen LogP contribution in [0.25, 0.3) is 10.9 Å². The molecule has 0 bridgehead atoms. The summed E-state index contributed by atoms with van der Waals surface area (Å²) in [4.78, 5) is 22.7. The minimum Gasteiger partial charge on any atom is -0.497 e. The first kappa shape index (κ1) is 24.1. The Kier molecular flexibility index (Phi) is 8.47. The molecule has 1 N–H and O–H groups in total. The van der Waals surface area contributed by atoms with Gasteiger partial charge in [0.15, 0.2) is 0 Å². The van der Waals surface area contributed by atoms with Crippen LogP contribution in [0.5, 0.6) is 5.75 Å². The first-order valence-electron chi connectivity index (χ1n) is 12.4. The van der Waals surface area contributed by atoms with Crippen molar-refractivity contribution in [1.82, 2.24) is 14.9 Å². The number of carbonyl (C=O) groups is 1. The molecule has 6 nitrogen and oxygen atoms in total. The van der Waals surface area contributed by atoms with Crippen molar-refractivity contribution in [2.45, 2.75) is 44.9 Å². The largest absolute Gasteiger partial charge is 0.497 e. The quantitative estimate of drug-likeness (QED) is 0.433. The Morgan fingerprint density at radius 1 is 1.15 bits per heavy atom. The predicted molar refractivity (Wildman–Crippen MR) is 134 cm³/mol. The number of hydrogen-bond acceptors (Lipinski definition) is 5. The molecule has 2 aromatic heterocycles. The second kappa shape index (κ2) is 11.9. The summed E-state index contributed by atoms with van der Waals surface area (Å²) in [5.41, 5.74) is 3.54. The van der Waals surface area contributed by atoms with Crippen LogP contribution >= 0.6 is 0 Å². The summed E-state index contributed by atoms with van der Waals surface area (Å²) >= 11 is 0. The first-order valence-corrected chi connectivity index (χ1v) is 12.4. The van der Waals surface area contributed by atoms with Gasteiger partial charge in [0.25, 0.3) is 0 Å².